The number of guanidine groups is 1. The number of ether oxygens (including phenoxy) is 1. The molecular formula is C18H22BrFN6O. The number of halogens is 2. The molecule has 7 nitrogen and oxygen atoms in total. The lowest BCUT2D eigenvalue weighted by molar-refractivity contribution is 0.366. The Morgan fingerprint density at radius 2 is 2.11 bits per heavy atom. The molecule has 0 spiro atoms. The maximum Gasteiger partial charge on any atom is 0.232 e. The van der Waals surface area contributed by atoms with Gasteiger partial charge < -0.3 is 19.9 Å². The average Bonchev–Trinajstić information content (AvgIpc) is 2.69. The van der Waals surface area contributed by atoms with Gasteiger partial charge in [-0.05, 0) is 33.6 Å². The minimum Gasteiger partial charge on any atom is -0.480 e. The summed E-state index contributed by atoms with van der Waals surface area (Å²) in [4.78, 5) is 17.4. The monoisotopic (exact) mass is 436 g/mol. The number of benzene rings is 1. The van der Waals surface area contributed by atoms with Gasteiger partial charge >= 0.3 is 0 Å². The SMILES string of the molecule is CN=C(NCc1cccc(F)c1)N1CCN(c2ncc(Br)c(OC)n2)CC1. The van der Waals surface area contributed by atoms with E-state index in [0.717, 1.165) is 42.2 Å². The van der Waals surface area contributed by atoms with E-state index in [1.54, 1.807) is 26.4 Å². The Balaban J connectivity index is 1.57. The minimum atomic E-state index is -0.233. The number of nitrogens with zero attached hydrogens (tertiary/aromatic N) is 5. The summed E-state index contributed by atoms with van der Waals surface area (Å²) in [6.07, 6.45) is 1.70. The van der Waals surface area contributed by atoms with E-state index in [9.17, 15) is 4.39 Å². The van der Waals surface area contributed by atoms with Crippen LogP contribution in [0.15, 0.2) is 39.9 Å². The van der Waals surface area contributed by atoms with E-state index < -0.39 is 0 Å². The van der Waals surface area contributed by atoms with Crippen molar-refractivity contribution in [3.63, 3.8) is 0 Å². The Kier molecular flexibility index (Phi) is 6.44. The molecule has 1 aromatic heterocycles. The number of hydrogen-bond acceptors (Lipinski definition) is 5. The highest BCUT2D eigenvalue weighted by Crippen LogP contribution is 2.23. The van der Waals surface area contributed by atoms with Gasteiger partial charge in [0.05, 0.1) is 17.8 Å². The molecule has 1 N–H and O–H groups in total. The maximum absolute atomic E-state index is 13.3. The van der Waals surface area contributed by atoms with E-state index in [-0.39, 0.29) is 5.82 Å². The van der Waals surface area contributed by atoms with Crippen molar-refractivity contribution in [1.29, 1.82) is 0 Å². The first-order chi connectivity index (χ1) is 13.1. The zero-order valence-electron chi connectivity index (χ0n) is 15.3. The summed E-state index contributed by atoms with van der Waals surface area (Å²) in [6, 6.07) is 6.56. The van der Waals surface area contributed by atoms with Gasteiger partial charge in [0.25, 0.3) is 0 Å². The number of methoxy groups -OCH3 is 1. The summed E-state index contributed by atoms with van der Waals surface area (Å²) >= 11 is 3.37. The van der Waals surface area contributed by atoms with Gasteiger partial charge in [-0.2, -0.15) is 4.98 Å². The fourth-order valence-electron chi connectivity index (χ4n) is 2.92. The molecule has 1 aliphatic heterocycles. The van der Waals surface area contributed by atoms with Crippen molar-refractivity contribution in [3.8, 4) is 5.88 Å². The zero-order valence-corrected chi connectivity index (χ0v) is 16.9. The van der Waals surface area contributed by atoms with Gasteiger partial charge in [-0.1, -0.05) is 12.1 Å². The number of rotatable bonds is 4. The highest BCUT2D eigenvalue weighted by Gasteiger charge is 2.22. The normalized spacial score (nSPS) is 15.0. The van der Waals surface area contributed by atoms with Crippen LogP contribution in [-0.2, 0) is 6.54 Å². The summed E-state index contributed by atoms with van der Waals surface area (Å²) in [7, 11) is 3.34. The summed E-state index contributed by atoms with van der Waals surface area (Å²) in [6.45, 7) is 3.63. The summed E-state index contributed by atoms with van der Waals surface area (Å²) in [5.41, 5.74) is 0.880. The van der Waals surface area contributed by atoms with Gasteiger partial charge in [-0.3, -0.25) is 4.99 Å². The van der Waals surface area contributed by atoms with Gasteiger partial charge in [-0.25, -0.2) is 9.37 Å². The van der Waals surface area contributed by atoms with Crippen LogP contribution in [0, 0.1) is 5.82 Å². The molecule has 3 rings (SSSR count). The van der Waals surface area contributed by atoms with Crippen molar-refractivity contribution in [2.45, 2.75) is 6.54 Å². The van der Waals surface area contributed by atoms with Crippen LogP contribution in [0.2, 0.25) is 0 Å². The molecule has 27 heavy (non-hydrogen) atoms. The molecule has 0 bridgehead atoms. The molecular weight excluding hydrogens is 415 g/mol. The molecule has 1 aliphatic rings. The Morgan fingerprint density at radius 1 is 1.33 bits per heavy atom. The third kappa shape index (κ3) is 4.85. The molecule has 0 aliphatic carbocycles. The zero-order chi connectivity index (χ0) is 19.2. The number of hydrogen-bond donors (Lipinski definition) is 1. The molecule has 1 fully saturated rings. The van der Waals surface area contributed by atoms with Gasteiger partial charge in [0, 0.05) is 39.8 Å². The van der Waals surface area contributed by atoms with E-state index in [4.69, 9.17) is 4.74 Å². The third-order valence-electron chi connectivity index (χ3n) is 4.31. The molecule has 0 unspecified atom stereocenters. The number of piperazine rings is 1. The molecule has 1 saturated heterocycles. The van der Waals surface area contributed by atoms with Gasteiger partial charge in [0.15, 0.2) is 5.96 Å². The Morgan fingerprint density at radius 3 is 2.78 bits per heavy atom. The van der Waals surface area contributed by atoms with Crippen LogP contribution < -0.4 is 15.0 Å². The first-order valence-corrected chi connectivity index (χ1v) is 9.41. The molecule has 0 saturated carbocycles. The Hall–Kier alpha value is -2.42. The van der Waals surface area contributed by atoms with Crippen LogP contribution in [0.1, 0.15) is 5.56 Å². The van der Waals surface area contributed by atoms with Gasteiger partial charge in [0.2, 0.25) is 11.8 Å². The van der Waals surface area contributed by atoms with Crippen molar-refractivity contribution in [2.24, 2.45) is 4.99 Å². The van der Waals surface area contributed by atoms with Gasteiger partial charge in [-0.15, -0.1) is 0 Å². The molecule has 9 heteroatoms. The van der Waals surface area contributed by atoms with Crippen LogP contribution >= 0.6 is 15.9 Å². The number of aliphatic imine (C=N–C) groups is 1. The second kappa shape index (κ2) is 8.98. The Bertz CT molecular complexity index is 810. The van der Waals surface area contributed by atoms with Crippen LogP contribution in [0.4, 0.5) is 10.3 Å². The van der Waals surface area contributed by atoms with Crippen LogP contribution in [0.3, 0.4) is 0 Å². The largest absolute Gasteiger partial charge is 0.480 e. The number of nitrogens with one attached hydrogen (secondary N) is 1. The predicted molar refractivity (Wildman–Crippen MR) is 107 cm³/mol. The van der Waals surface area contributed by atoms with Crippen LogP contribution in [0.5, 0.6) is 5.88 Å². The molecule has 1 aromatic carbocycles. The van der Waals surface area contributed by atoms with Crippen LogP contribution in [-0.4, -0.2) is 61.2 Å². The highest BCUT2D eigenvalue weighted by molar-refractivity contribution is 9.10. The molecule has 2 heterocycles. The average molecular weight is 437 g/mol. The van der Waals surface area contributed by atoms with E-state index in [1.807, 2.05) is 6.07 Å². The van der Waals surface area contributed by atoms with E-state index >= 15 is 0 Å². The Labute approximate surface area is 166 Å². The fourth-order valence-corrected chi connectivity index (χ4v) is 3.27. The first-order valence-electron chi connectivity index (χ1n) is 8.62. The second-order valence-electron chi connectivity index (χ2n) is 6.03. The minimum absolute atomic E-state index is 0.233. The van der Waals surface area contributed by atoms with Crippen molar-refractivity contribution in [1.82, 2.24) is 20.2 Å². The fraction of sp³-hybridized carbons (Fsp3) is 0.389. The molecule has 0 atom stereocenters. The molecule has 2 aromatic rings. The lowest BCUT2D eigenvalue weighted by Gasteiger charge is -2.36. The second-order valence-corrected chi connectivity index (χ2v) is 6.89. The number of anilines is 1. The summed E-state index contributed by atoms with van der Waals surface area (Å²) in [5, 5.41) is 3.30. The third-order valence-corrected chi connectivity index (χ3v) is 4.85. The standard InChI is InChI=1S/C18H22BrFN6O/c1-21-17(22-11-13-4-3-5-14(20)10-13)25-6-8-26(9-7-25)18-23-12-15(19)16(24-18)27-2/h3-5,10,12H,6-9,11H2,1-2H3,(H,21,22). The summed E-state index contributed by atoms with van der Waals surface area (Å²) in [5.74, 6) is 1.74. The maximum atomic E-state index is 13.3. The smallest absolute Gasteiger partial charge is 0.232 e. The topological polar surface area (TPSA) is 65.9 Å². The van der Waals surface area contributed by atoms with Crippen LogP contribution in [0.25, 0.3) is 0 Å². The number of aromatic nitrogens is 2. The van der Waals surface area contributed by atoms with Crippen molar-refractivity contribution in [3.05, 3.63) is 46.3 Å². The predicted octanol–water partition coefficient (Wildman–Crippen LogP) is 2.28. The van der Waals surface area contributed by atoms with Gasteiger partial charge in [0.1, 0.15) is 5.82 Å². The highest BCUT2D eigenvalue weighted by atomic mass is 79.9. The van der Waals surface area contributed by atoms with E-state index in [0.29, 0.717) is 18.4 Å². The van der Waals surface area contributed by atoms with Crippen molar-refractivity contribution >= 4 is 27.8 Å². The van der Waals surface area contributed by atoms with Crippen molar-refractivity contribution in [2.75, 3.05) is 45.2 Å². The molecule has 0 radical (unpaired) electrons. The van der Waals surface area contributed by atoms with E-state index in [2.05, 4.69) is 46.0 Å². The lowest BCUT2D eigenvalue weighted by atomic mass is 10.2. The van der Waals surface area contributed by atoms with Crippen molar-refractivity contribution < 1.29 is 9.13 Å². The first kappa shape index (κ1) is 19.3. The molecule has 0 amide bonds. The van der Waals surface area contributed by atoms with E-state index in [1.165, 1.54) is 12.1 Å². The quantitative estimate of drug-likeness (QED) is 0.585. The summed E-state index contributed by atoms with van der Waals surface area (Å²) < 4.78 is 19.3. The lowest BCUT2D eigenvalue weighted by Crippen LogP contribution is -2.52. The molecule has 144 valence electrons.